The van der Waals surface area contributed by atoms with Gasteiger partial charge in [-0.25, -0.2) is 8.42 Å². The fraction of sp³-hybridized carbons (Fsp3) is 0.552. The SMILES string of the molecule is CC(=O)O.O=S1(=O)CCc2ccc(CCCCOCCCCCCNC[C@H](O)c3ccc(O)c(CO)c3)cc21. The molecule has 2 aromatic rings. The number of aryl methyl sites for hydroxylation is 2. The van der Waals surface area contributed by atoms with Gasteiger partial charge in [0.15, 0.2) is 9.84 Å². The molecule has 0 unspecified atom stereocenters. The Labute approximate surface area is 231 Å². The smallest absolute Gasteiger partial charge is 0.300 e. The normalized spacial score (nSPS) is 14.3. The number of benzene rings is 2. The van der Waals surface area contributed by atoms with E-state index in [1.54, 1.807) is 12.1 Å². The summed E-state index contributed by atoms with van der Waals surface area (Å²) in [6, 6.07) is 10.7. The average Bonchev–Trinajstić information content (AvgIpc) is 3.20. The van der Waals surface area contributed by atoms with Crippen LogP contribution in [0.2, 0.25) is 0 Å². The Hall–Kier alpha value is -2.50. The van der Waals surface area contributed by atoms with Crippen molar-refractivity contribution in [3.05, 3.63) is 58.7 Å². The van der Waals surface area contributed by atoms with E-state index >= 15 is 0 Å². The van der Waals surface area contributed by atoms with Crippen LogP contribution in [0.15, 0.2) is 41.3 Å². The second kappa shape index (κ2) is 17.2. The molecule has 1 heterocycles. The first-order valence-electron chi connectivity index (χ1n) is 13.6. The van der Waals surface area contributed by atoms with Gasteiger partial charge in [0.25, 0.3) is 5.97 Å². The summed E-state index contributed by atoms with van der Waals surface area (Å²) in [5.74, 6) is -0.553. The largest absolute Gasteiger partial charge is 0.508 e. The van der Waals surface area contributed by atoms with Crippen LogP contribution in [0, 0.1) is 0 Å². The first-order chi connectivity index (χ1) is 18.6. The molecule has 218 valence electrons. The van der Waals surface area contributed by atoms with Gasteiger partial charge in [-0.2, -0.15) is 0 Å². The van der Waals surface area contributed by atoms with Crippen LogP contribution in [0.25, 0.3) is 0 Å². The molecule has 0 amide bonds. The van der Waals surface area contributed by atoms with Gasteiger partial charge in [0.1, 0.15) is 5.75 Å². The van der Waals surface area contributed by atoms with Crippen molar-refractivity contribution in [2.24, 2.45) is 0 Å². The predicted octanol–water partition coefficient (Wildman–Crippen LogP) is 3.53. The van der Waals surface area contributed by atoms with Crippen LogP contribution in [0.5, 0.6) is 5.75 Å². The van der Waals surface area contributed by atoms with E-state index < -0.39 is 21.9 Å². The minimum atomic E-state index is -3.06. The van der Waals surface area contributed by atoms with Crippen LogP contribution in [0.4, 0.5) is 0 Å². The molecule has 9 nitrogen and oxygen atoms in total. The number of carboxylic acids is 1. The fourth-order valence-electron chi connectivity index (χ4n) is 4.34. The zero-order chi connectivity index (χ0) is 28.7. The maximum atomic E-state index is 12.0. The van der Waals surface area contributed by atoms with Crippen LogP contribution < -0.4 is 5.32 Å². The van der Waals surface area contributed by atoms with Gasteiger partial charge >= 0.3 is 0 Å². The third-order valence-electron chi connectivity index (χ3n) is 6.50. The third kappa shape index (κ3) is 12.0. The van der Waals surface area contributed by atoms with Crippen molar-refractivity contribution in [1.82, 2.24) is 5.32 Å². The number of carboxylic acid groups (broad SMARTS) is 1. The van der Waals surface area contributed by atoms with Crippen LogP contribution >= 0.6 is 0 Å². The number of aliphatic hydroxyl groups is 2. The van der Waals surface area contributed by atoms with Gasteiger partial charge in [0, 0.05) is 32.2 Å². The molecule has 0 saturated heterocycles. The van der Waals surface area contributed by atoms with Crippen molar-refractivity contribution < 1.29 is 38.4 Å². The molecule has 0 aliphatic carbocycles. The minimum Gasteiger partial charge on any atom is -0.508 e. The predicted molar refractivity (Wildman–Crippen MR) is 150 cm³/mol. The Balaban J connectivity index is 0.00000124. The van der Waals surface area contributed by atoms with Crippen molar-refractivity contribution >= 4 is 15.8 Å². The monoisotopic (exact) mass is 565 g/mol. The number of aliphatic hydroxyl groups excluding tert-OH is 2. The Morgan fingerprint density at radius 2 is 1.72 bits per heavy atom. The quantitative estimate of drug-likeness (QED) is 0.192. The van der Waals surface area contributed by atoms with E-state index in [1.807, 2.05) is 12.1 Å². The number of ether oxygens (including phenoxy) is 1. The summed E-state index contributed by atoms with van der Waals surface area (Å²) in [5.41, 5.74) is 3.14. The molecule has 0 bridgehead atoms. The average molecular weight is 566 g/mol. The van der Waals surface area contributed by atoms with E-state index in [1.165, 1.54) is 6.07 Å². The summed E-state index contributed by atoms with van der Waals surface area (Å²) in [6.07, 6.45) is 7.06. The van der Waals surface area contributed by atoms with Crippen molar-refractivity contribution in [2.75, 3.05) is 32.1 Å². The molecular formula is C29H43NO8S. The number of hydrogen-bond donors (Lipinski definition) is 5. The lowest BCUT2D eigenvalue weighted by atomic mass is 10.1. The number of rotatable bonds is 16. The summed E-state index contributed by atoms with van der Waals surface area (Å²) in [5, 5.41) is 39.7. The molecule has 0 aromatic heterocycles. The molecule has 2 aromatic carbocycles. The molecule has 39 heavy (non-hydrogen) atoms. The number of fused-ring (bicyclic) bond motifs is 1. The fourth-order valence-corrected chi connectivity index (χ4v) is 5.95. The van der Waals surface area contributed by atoms with Gasteiger partial charge in [-0.3, -0.25) is 4.79 Å². The lowest BCUT2D eigenvalue weighted by Gasteiger charge is -2.14. The van der Waals surface area contributed by atoms with Gasteiger partial charge < -0.3 is 30.5 Å². The number of nitrogens with one attached hydrogen (secondary N) is 1. The second-order valence-corrected chi connectivity index (χ2v) is 11.9. The molecule has 5 N–H and O–H groups in total. The molecule has 3 rings (SSSR count). The van der Waals surface area contributed by atoms with Crippen LogP contribution in [-0.2, 0) is 38.8 Å². The van der Waals surface area contributed by atoms with Gasteiger partial charge in [0.2, 0.25) is 0 Å². The molecule has 1 aliphatic rings. The van der Waals surface area contributed by atoms with Gasteiger partial charge in [-0.15, -0.1) is 0 Å². The number of sulfone groups is 1. The van der Waals surface area contributed by atoms with Gasteiger partial charge in [0.05, 0.1) is 23.4 Å². The van der Waals surface area contributed by atoms with E-state index in [0.29, 0.717) is 29.0 Å². The van der Waals surface area contributed by atoms with Crippen molar-refractivity contribution in [3.8, 4) is 5.75 Å². The first-order valence-corrected chi connectivity index (χ1v) is 15.2. The molecule has 0 spiro atoms. The Morgan fingerprint density at radius 1 is 1.03 bits per heavy atom. The van der Waals surface area contributed by atoms with Crippen molar-refractivity contribution in [3.63, 3.8) is 0 Å². The van der Waals surface area contributed by atoms with Crippen LogP contribution in [0.3, 0.4) is 0 Å². The van der Waals surface area contributed by atoms with Gasteiger partial charge in [-0.05, 0) is 80.0 Å². The van der Waals surface area contributed by atoms with E-state index in [2.05, 4.69) is 11.4 Å². The highest BCUT2D eigenvalue weighted by Gasteiger charge is 2.25. The molecule has 0 radical (unpaired) electrons. The van der Waals surface area contributed by atoms with Crippen molar-refractivity contribution in [2.45, 2.75) is 75.9 Å². The molecule has 1 atom stereocenters. The number of phenols is 1. The Morgan fingerprint density at radius 3 is 2.44 bits per heavy atom. The number of aliphatic carboxylic acids is 1. The summed E-state index contributed by atoms with van der Waals surface area (Å²) >= 11 is 0. The zero-order valence-corrected chi connectivity index (χ0v) is 23.6. The highest BCUT2D eigenvalue weighted by Crippen LogP contribution is 2.27. The lowest BCUT2D eigenvalue weighted by Crippen LogP contribution is -2.22. The number of hydrogen-bond acceptors (Lipinski definition) is 8. The van der Waals surface area contributed by atoms with E-state index in [9.17, 15) is 23.7 Å². The van der Waals surface area contributed by atoms with E-state index in [0.717, 1.165) is 82.8 Å². The lowest BCUT2D eigenvalue weighted by molar-refractivity contribution is -0.134. The first kappa shape index (κ1) is 32.7. The summed E-state index contributed by atoms with van der Waals surface area (Å²) < 4.78 is 29.8. The summed E-state index contributed by atoms with van der Waals surface area (Å²) in [7, 11) is -3.06. The second-order valence-electron chi connectivity index (χ2n) is 9.78. The van der Waals surface area contributed by atoms with Crippen LogP contribution in [-0.4, -0.2) is 66.9 Å². The standard InChI is InChI=1S/C27H39NO6S.C2H4O2/c29-20-24-18-23(10-11-25(24)30)26(31)19-28-13-4-1-2-5-14-34-15-6-3-7-21-8-9-22-12-16-35(32,33)27(22)17-21;1-2(3)4/h8-11,17-18,26,28-31H,1-7,12-16,19-20H2;1H3,(H,3,4)/t26-;/m0./s1. The molecule has 0 saturated carbocycles. The van der Waals surface area contributed by atoms with E-state index in [4.69, 9.17) is 14.6 Å². The molecule has 10 heteroatoms. The zero-order valence-electron chi connectivity index (χ0n) is 22.8. The third-order valence-corrected chi connectivity index (χ3v) is 8.29. The maximum Gasteiger partial charge on any atom is 0.300 e. The number of unbranched alkanes of at least 4 members (excludes halogenated alkanes) is 4. The number of aromatic hydroxyl groups is 1. The van der Waals surface area contributed by atoms with Gasteiger partial charge in [-0.1, -0.05) is 31.0 Å². The molecule has 1 aliphatic heterocycles. The minimum absolute atomic E-state index is 0.0368. The van der Waals surface area contributed by atoms with Crippen molar-refractivity contribution in [1.29, 1.82) is 0 Å². The molecule has 0 fully saturated rings. The highest BCUT2D eigenvalue weighted by atomic mass is 32.2. The summed E-state index contributed by atoms with van der Waals surface area (Å²) in [6.45, 7) is 3.58. The van der Waals surface area contributed by atoms with Crippen LogP contribution in [0.1, 0.15) is 73.8 Å². The molecular weight excluding hydrogens is 522 g/mol. The van der Waals surface area contributed by atoms with E-state index in [-0.39, 0.29) is 18.1 Å². The summed E-state index contributed by atoms with van der Waals surface area (Å²) in [4.78, 5) is 9.53. The highest BCUT2D eigenvalue weighted by molar-refractivity contribution is 7.91. The Bertz CT molecular complexity index is 1130. The maximum absolute atomic E-state index is 12.0. The number of carbonyl (C=O) groups is 1. The topological polar surface area (TPSA) is 153 Å². The Kier molecular flexibility index (Phi) is 14.5.